The highest BCUT2D eigenvalue weighted by molar-refractivity contribution is 9.10. The monoisotopic (exact) mass is 338 g/mol. The van der Waals surface area contributed by atoms with Gasteiger partial charge in [-0.25, -0.2) is 4.39 Å². The maximum absolute atomic E-state index is 13.4. The molecule has 1 atom stereocenters. The number of carbonyl (C=O) groups excluding carboxylic acids is 1. The molecule has 0 aliphatic carbocycles. The summed E-state index contributed by atoms with van der Waals surface area (Å²) in [6.45, 7) is 0. The highest BCUT2D eigenvalue weighted by atomic mass is 79.9. The normalized spacial score (nSPS) is 12.3. The molecular weight excluding hydrogens is 331 g/mol. The van der Waals surface area contributed by atoms with Crippen molar-refractivity contribution in [3.63, 3.8) is 0 Å². The van der Waals surface area contributed by atoms with Gasteiger partial charge in [0.05, 0.1) is 7.11 Å². The molecule has 0 spiro atoms. The van der Waals surface area contributed by atoms with Crippen LogP contribution in [-0.2, 0) is 16.0 Å². The van der Waals surface area contributed by atoms with Gasteiger partial charge in [-0.2, -0.15) is 0 Å². The van der Waals surface area contributed by atoms with Crippen molar-refractivity contribution in [1.82, 2.24) is 0 Å². The summed E-state index contributed by atoms with van der Waals surface area (Å²) in [6, 6.07) is 4.69. The van der Waals surface area contributed by atoms with Crippen LogP contribution in [0, 0.1) is 5.82 Å². The summed E-state index contributed by atoms with van der Waals surface area (Å²) >= 11 is 6.38. The fourth-order valence-electron chi connectivity index (χ4n) is 1.12. The number of hydrogen-bond donors (Lipinski definition) is 0. The van der Waals surface area contributed by atoms with E-state index in [1.807, 2.05) is 0 Å². The van der Waals surface area contributed by atoms with E-state index in [4.69, 9.17) is 0 Å². The Hall–Kier alpha value is -0.420. The number of benzene rings is 1. The summed E-state index contributed by atoms with van der Waals surface area (Å²) in [5.41, 5.74) is 0.463. The third-order valence-electron chi connectivity index (χ3n) is 1.90. The number of halogens is 3. The van der Waals surface area contributed by atoms with Crippen molar-refractivity contribution in [2.75, 3.05) is 7.11 Å². The Bertz CT molecular complexity index is 348. The van der Waals surface area contributed by atoms with Gasteiger partial charge in [0.25, 0.3) is 0 Å². The average molecular weight is 340 g/mol. The van der Waals surface area contributed by atoms with Gasteiger partial charge in [0.1, 0.15) is 10.6 Å². The van der Waals surface area contributed by atoms with E-state index < -0.39 is 10.8 Å². The van der Waals surface area contributed by atoms with Gasteiger partial charge < -0.3 is 4.74 Å². The fourth-order valence-corrected chi connectivity index (χ4v) is 2.13. The molecule has 0 aliphatic rings. The van der Waals surface area contributed by atoms with E-state index in [-0.39, 0.29) is 12.2 Å². The first-order valence-corrected chi connectivity index (χ1v) is 5.92. The van der Waals surface area contributed by atoms with Gasteiger partial charge >= 0.3 is 5.97 Å². The first-order chi connectivity index (χ1) is 7.06. The summed E-state index contributed by atoms with van der Waals surface area (Å²) in [6.07, 6.45) is 0.250. The lowest BCUT2D eigenvalue weighted by Crippen LogP contribution is -2.18. The lowest BCUT2D eigenvalue weighted by Gasteiger charge is -2.09. The van der Waals surface area contributed by atoms with E-state index in [0.29, 0.717) is 10.0 Å². The van der Waals surface area contributed by atoms with Gasteiger partial charge in [0, 0.05) is 10.0 Å². The molecule has 0 aliphatic heterocycles. The van der Waals surface area contributed by atoms with E-state index in [2.05, 4.69) is 36.6 Å². The van der Waals surface area contributed by atoms with Crippen LogP contribution in [0.2, 0.25) is 0 Å². The summed E-state index contributed by atoms with van der Waals surface area (Å²) in [5.74, 6) is -0.747. The van der Waals surface area contributed by atoms with E-state index in [1.165, 1.54) is 13.2 Å². The molecule has 82 valence electrons. The minimum atomic E-state index is -0.532. The van der Waals surface area contributed by atoms with Crippen molar-refractivity contribution >= 4 is 37.8 Å². The maximum atomic E-state index is 13.4. The van der Waals surface area contributed by atoms with Crippen molar-refractivity contribution in [1.29, 1.82) is 0 Å². The Kier molecular flexibility index (Phi) is 4.73. The van der Waals surface area contributed by atoms with Gasteiger partial charge in [0.2, 0.25) is 0 Å². The molecule has 0 saturated heterocycles. The summed E-state index contributed by atoms with van der Waals surface area (Å²) in [7, 11) is 1.30. The molecule has 5 heteroatoms. The Morgan fingerprint density at radius 1 is 1.60 bits per heavy atom. The third-order valence-corrected chi connectivity index (χ3v) is 3.34. The second kappa shape index (κ2) is 5.61. The molecule has 2 nitrogen and oxygen atoms in total. The highest BCUT2D eigenvalue weighted by Crippen LogP contribution is 2.23. The first kappa shape index (κ1) is 12.6. The summed E-state index contributed by atoms with van der Waals surface area (Å²) in [5, 5.41) is 0. The van der Waals surface area contributed by atoms with Crippen molar-refractivity contribution in [3.8, 4) is 0 Å². The van der Waals surface area contributed by atoms with Crippen molar-refractivity contribution < 1.29 is 13.9 Å². The minimum absolute atomic E-state index is 0.250. The first-order valence-electron chi connectivity index (χ1n) is 4.21. The molecule has 1 rings (SSSR count). The number of rotatable bonds is 3. The molecule has 0 saturated carbocycles. The summed E-state index contributed by atoms with van der Waals surface area (Å²) < 4.78 is 18.6. The molecule has 0 amide bonds. The van der Waals surface area contributed by atoms with Crippen LogP contribution in [0.1, 0.15) is 5.56 Å². The van der Waals surface area contributed by atoms with Gasteiger partial charge in [-0.1, -0.05) is 37.9 Å². The predicted molar refractivity (Wildman–Crippen MR) is 62.5 cm³/mol. The van der Waals surface area contributed by atoms with Crippen LogP contribution >= 0.6 is 31.9 Å². The van der Waals surface area contributed by atoms with Crippen molar-refractivity contribution in [3.05, 3.63) is 34.1 Å². The average Bonchev–Trinajstić information content (AvgIpc) is 2.22. The zero-order valence-electron chi connectivity index (χ0n) is 7.97. The number of ether oxygens (including phenoxy) is 1. The third kappa shape index (κ3) is 3.28. The van der Waals surface area contributed by atoms with Crippen LogP contribution in [0.4, 0.5) is 4.39 Å². The number of carbonyl (C=O) groups is 1. The fraction of sp³-hybridized carbons (Fsp3) is 0.300. The van der Waals surface area contributed by atoms with Crippen LogP contribution in [0.5, 0.6) is 0 Å². The van der Waals surface area contributed by atoms with Crippen molar-refractivity contribution in [2.24, 2.45) is 0 Å². The van der Waals surface area contributed by atoms with Gasteiger partial charge in [0.15, 0.2) is 0 Å². The second-order valence-corrected chi connectivity index (χ2v) is 4.85. The quantitative estimate of drug-likeness (QED) is 0.625. The topological polar surface area (TPSA) is 26.3 Å². The minimum Gasteiger partial charge on any atom is -0.468 e. The molecule has 1 unspecified atom stereocenters. The largest absolute Gasteiger partial charge is 0.468 e. The van der Waals surface area contributed by atoms with Gasteiger partial charge in [-0.15, -0.1) is 0 Å². The van der Waals surface area contributed by atoms with E-state index in [1.54, 1.807) is 12.1 Å². The Morgan fingerprint density at radius 2 is 2.27 bits per heavy atom. The lowest BCUT2D eigenvalue weighted by molar-refractivity contribution is -0.139. The molecular formula is C10H9Br2FO2. The SMILES string of the molecule is COC(=O)C(Br)Cc1c(F)cccc1Br. The van der Waals surface area contributed by atoms with Crippen LogP contribution in [0.25, 0.3) is 0 Å². The maximum Gasteiger partial charge on any atom is 0.319 e. The Labute approximate surface area is 104 Å². The number of methoxy groups -OCH3 is 1. The van der Waals surface area contributed by atoms with Crippen molar-refractivity contribution in [2.45, 2.75) is 11.2 Å². The molecule has 0 N–H and O–H groups in total. The molecule has 1 aromatic carbocycles. The number of esters is 1. The standard InChI is InChI=1S/C10H9Br2FO2/c1-15-10(14)8(12)5-6-7(11)3-2-4-9(6)13/h2-4,8H,5H2,1H3. The van der Waals surface area contributed by atoms with Crippen LogP contribution < -0.4 is 0 Å². The number of hydrogen-bond acceptors (Lipinski definition) is 2. The highest BCUT2D eigenvalue weighted by Gasteiger charge is 2.19. The van der Waals surface area contributed by atoms with Crippen LogP contribution in [0.3, 0.4) is 0 Å². The zero-order chi connectivity index (χ0) is 11.4. The van der Waals surface area contributed by atoms with Gasteiger partial charge in [-0.05, 0) is 18.6 Å². The molecule has 0 radical (unpaired) electrons. The zero-order valence-corrected chi connectivity index (χ0v) is 11.1. The predicted octanol–water partition coefficient (Wildman–Crippen LogP) is 3.07. The molecule has 15 heavy (non-hydrogen) atoms. The van der Waals surface area contributed by atoms with E-state index in [9.17, 15) is 9.18 Å². The molecule has 0 aromatic heterocycles. The Balaban J connectivity index is 2.85. The number of alkyl halides is 1. The molecule has 0 fully saturated rings. The van der Waals surface area contributed by atoms with E-state index in [0.717, 1.165) is 0 Å². The molecule has 0 heterocycles. The Morgan fingerprint density at radius 3 is 2.80 bits per heavy atom. The second-order valence-electron chi connectivity index (χ2n) is 2.90. The lowest BCUT2D eigenvalue weighted by atomic mass is 10.1. The smallest absolute Gasteiger partial charge is 0.319 e. The summed E-state index contributed by atoms with van der Waals surface area (Å²) in [4.78, 5) is 10.6. The van der Waals surface area contributed by atoms with Crippen LogP contribution in [-0.4, -0.2) is 17.9 Å². The van der Waals surface area contributed by atoms with Crippen LogP contribution in [0.15, 0.2) is 22.7 Å². The van der Waals surface area contributed by atoms with Gasteiger partial charge in [-0.3, -0.25) is 4.79 Å². The van der Waals surface area contributed by atoms with E-state index >= 15 is 0 Å². The molecule has 0 bridgehead atoms. The molecule has 1 aromatic rings.